The Morgan fingerprint density at radius 1 is 1.12 bits per heavy atom. The number of thioether (sulfide) groups is 1. The number of carbonyl (C=O) groups is 1. The van der Waals surface area contributed by atoms with Gasteiger partial charge in [-0.2, -0.15) is 0 Å². The van der Waals surface area contributed by atoms with E-state index in [1.165, 1.54) is 35.2 Å². The molecule has 9 heteroatoms. The maximum absolute atomic E-state index is 13.0. The van der Waals surface area contributed by atoms with E-state index in [0.717, 1.165) is 23.1 Å². The van der Waals surface area contributed by atoms with Gasteiger partial charge in [0.25, 0.3) is 10.0 Å². The maximum atomic E-state index is 13.0. The van der Waals surface area contributed by atoms with Crippen molar-refractivity contribution in [3.8, 4) is 0 Å². The Hall–Kier alpha value is -2.78. The number of hydrogen-bond donors (Lipinski definition) is 1. The molecule has 0 atom stereocenters. The highest BCUT2D eigenvalue weighted by Crippen LogP contribution is 2.25. The Bertz CT molecular complexity index is 1220. The number of amides is 1. The topological polar surface area (TPSA) is 84.3 Å². The lowest BCUT2D eigenvalue weighted by molar-refractivity contribution is -0.113. The van der Waals surface area contributed by atoms with Crippen molar-refractivity contribution in [2.45, 2.75) is 44.3 Å². The molecule has 1 amide bonds. The Balaban J connectivity index is 1.70. The average Bonchev–Trinajstić information content (AvgIpc) is 3.05. The molecule has 0 unspecified atom stereocenters. The molecule has 0 saturated heterocycles. The van der Waals surface area contributed by atoms with Crippen molar-refractivity contribution in [3.05, 3.63) is 66.0 Å². The van der Waals surface area contributed by atoms with E-state index in [4.69, 9.17) is 0 Å². The van der Waals surface area contributed by atoms with E-state index in [-0.39, 0.29) is 16.6 Å². The number of hydrogen-bond acceptors (Lipinski definition) is 5. The fourth-order valence-electron chi connectivity index (χ4n) is 3.31. The third-order valence-electron chi connectivity index (χ3n) is 5.20. The van der Waals surface area contributed by atoms with Gasteiger partial charge in [0.05, 0.1) is 22.0 Å². The summed E-state index contributed by atoms with van der Waals surface area (Å²) < 4.78 is 29.4. The maximum Gasteiger partial charge on any atom is 0.264 e. The third-order valence-corrected chi connectivity index (χ3v) is 7.96. The predicted octanol–water partition coefficient (Wildman–Crippen LogP) is 4.71. The third kappa shape index (κ3) is 5.97. The van der Waals surface area contributed by atoms with E-state index < -0.39 is 10.0 Å². The molecular formula is C24H30N4O3S2. The van der Waals surface area contributed by atoms with Crippen LogP contribution in [0.5, 0.6) is 0 Å². The number of benzene rings is 2. The van der Waals surface area contributed by atoms with Crippen LogP contribution in [0.3, 0.4) is 0 Å². The van der Waals surface area contributed by atoms with E-state index in [9.17, 15) is 13.2 Å². The van der Waals surface area contributed by atoms with Gasteiger partial charge in [-0.1, -0.05) is 49.9 Å². The highest BCUT2D eigenvalue weighted by molar-refractivity contribution is 7.99. The molecule has 0 spiro atoms. The first-order valence-electron chi connectivity index (χ1n) is 10.7. The van der Waals surface area contributed by atoms with Crippen LogP contribution in [0.25, 0.3) is 0 Å². The fourth-order valence-corrected chi connectivity index (χ4v) is 5.45. The molecule has 3 aromatic rings. The van der Waals surface area contributed by atoms with Crippen molar-refractivity contribution in [3.63, 3.8) is 0 Å². The molecule has 0 aliphatic rings. The molecule has 7 nitrogen and oxygen atoms in total. The lowest BCUT2D eigenvalue weighted by Crippen LogP contribution is -2.26. The lowest BCUT2D eigenvalue weighted by atomic mass is 10.2. The molecule has 0 aliphatic carbocycles. The minimum atomic E-state index is -3.76. The first kappa shape index (κ1) is 24.9. The van der Waals surface area contributed by atoms with E-state index in [0.29, 0.717) is 17.3 Å². The Morgan fingerprint density at radius 2 is 1.82 bits per heavy atom. The van der Waals surface area contributed by atoms with Gasteiger partial charge in [0, 0.05) is 25.0 Å². The van der Waals surface area contributed by atoms with Crippen molar-refractivity contribution in [1.29, 1.82) is 0 Å². The summed E-state index contributed by atoms with van der Waals surface area (Å²) in [5.74, 6) is 0.416. The van der Waals surface area contributed by atoms with Gasteiger partial charge in [0.2, 0.25) is 5.91 Å². The number of para-hydroxylation sites is 1. The smallest absolute Gasteiger partial charge is 0.264 e. The van der Waals surface area contributed by atoms with Crippen LogP contribution >= 0.6 is 11.8 Å². The molecule has 33 heavy (non-hydrogen) atoms. The van der Waals surface area contributed by atoms with Gasteiger partial charge in [0.1, 0.15) is 0 Å². The summed E-state index contributed by atoms with van der Waals surface area (Å²) in [4.78, 5) is 17.3. The SMILES string of the molecule is Cc1nc(SCC(=O)Nc2cccc(S(=O)(=O)N(C)c3ccccc3)c2)n(CC(C)C)c1C. The normalized spacial score (nSPS) is 11.6. The second kappa shape index (κ2) is 10.4. The van der Waals surface area contributed by atoms with Crippen LogP contribution < -0.4 is 9.62 Å². The average molecular weight is 487 g/mol. The van der Waals surface area contributed by atoms with Gasteiger partial charge < -0.3 is 9.88 Å². The number of sulfonamides is 1. The quantitative estimate of drug-likeness (QED) is 0.443. The molecule has 176 valence electrons. The number of imidazole rings is 1. The van der Waals surface area contributed by atoms with Crippen molar-refractivity contribution in [1.82, 2.24) is 9.55 Å². The highest BCUT2D eigenvalue weighted by atomic mass is 32.2. The van der Waals surface area contributed by atoms with Crippen molar-refractivity contribution in [2.24, 2.45) is 5.92 Å². The van der Waals surface area contributed by atoms with Gasteiger partial charge in [-0.3, -0.25) is 9.10 Å². The molecule has 1 N–H and O–H groups in total. The molecule has 0 bridgehead atoms. The summed E-state index contributed by atoms with van der Waals surface area (Å²) in [7, 11) is -2.25. The van der Waals surface area contributed by atoms with Gasteiger partial charge in [0.15, 0.2) is 5.16 Å². The van der Waals surface area contributed by atoms with Crippen LogP contribution in [0, 0.1) is 19.8 Å². The predicted molar refractivity (Wildman–Crippen MR) is 134 cm³/mol. The zero-order chi connectivity index (χ0) is 24.2. The molecule has 0 aliphatic heterocycles. The first-order chi connectivity index (χ1) is 15.6. The zero-order valence-electron chi connectivity index (χ0n) is 19.6. The van der Waals surface area contributed by atoms with Crippen molar-refractivity contribution < 1.29 is 13.2 Å². The van der Waals surface area contributed by atoms with Crippen LogP contribution in [-0.4, -0.2) is 36.7 Å². The molecule has 0 fully saturated rings. The number of aromatic nitrogens is 2. The van der Waals surface area contributed by atoms with E-state index in [2.05, 4.69) is 28.7 Å². The first-order valence-corrected chi connectivity index (χ1v) is 13.1. The number of carbonyl (C=O) groups excluding carboxylic acids is 1. The summed E-state index contributed by atoms with van der Waals surface area (Å²) in [6, 6.07) is 15.2. The van der Waals surface area contributed by atoms with Gasteiger partial charge in [-0.05, 0) is 50.1 Å². The van der Waals surface area contributed by atoms with Crippen molar-refractivity contribution >= 4 is 39.1 Å². The molecule has 1 aromatic heterocycles. The van der Waals surface area contributed by atoms with Gasteiger partial charge >= 0.3 is 0 Å². The van der Waals surface area contributed by atoms with Crippen molar-refractivity contribution in [2.75, 3.05) is 22.4 Å². The largest absolute Gasteiger partial charge is 0.325 e. The van der Waals surface area contributed by atoms with Crippen LogP contribution in [0.4, 0.5) is 11.4 Å². The van der Waals surface area contributed by atoms with Gasteiger partial charge in [-0.25, -0.2) is 13.4 Å². The number of aryl methyl sites for hydroxylation is 1. The molecule has 2 aromatic carbocycles. The Morgan fingerprint density at radius 3 is 2.48 bits per heavy atom. The molecule has 0 saturated carbocycles. The molecule has 1 heterocycles. The monoisotopic (exact) mass is 486 g/mol. The number of nitrogens with one attached hydrogen (secondary N) is 1. The fraction of sp³-hybridized carbons (Fsp3) is 0.333. The summed E-state index contributed by atoms with van der Waals surface area (Å²) in [6.07, 6.45) is 0. The summed E-state index contributed by atoms with van der Waals surface area (Å²) in [5.41, 5.74) is 3.05. The number of anilines is 2. The minimum Gasteiger partial charge on any atom is -0.325 e. The molecule has 3 rings (SSSR count). The molecular weight excluding hydrogens is 456 g/mol. The minimum absolute atomic E-state index is 0.109. The van der Waals surface area contributed by atoms with Gasteiger partial charge in [-0.15, -0.1) is 0 Å². The van der Waals surface area contributed by atoms with E-state index in [1.807, 2.05) is 19.9 Å². The Kier molecular flexibility index (Phi) is 7.86. The second-order valence-electron chi connectivity index (χ2n) is 8.24. The number of nitrogens with zero attached hydrogens (tertiary/aromatic N) is 3. The Labute approximate surface area is 200 Å². The van der Waals surface area contributed by atoms with E-state index >= 15 is 0 Å². The summed E-state index contributed by atoms with van der Waals surface area (Å²) in [5, 5.41) is 3.62. The van der Waals surface area contributed by atoms with Crippen LogP contribution in [0.2, 0.25) is 0 Å². The lowest BCUT2D eigenvalue weighted by Gasteiger charge is -2.19. The van der Waals surface area contributed by atoms with Crippen LogP contribution in [-0.2, 0) is 21.4 Å². The van der Waals surface area contributed by atoms with Crippen LogP contribution in [0.1, 0.15) is 25.2 Å². The summed E-state index contributed by atoms with van der Waals surface area (Å²) >= 11 is 1.38. The zero-order valence-corrected chi connectivity index (χ0v) is 21.2. The number of rotatable bonds is 9. The summed E-state index contributed by atoms with van der Waals surface area (Å²) in [6.45, 7) is 9.13. The van der Waals surface area contributed by atoms with Crippen LogP contribution in [0.15, 0.2) is 64.6 Å². The standard InChI is InChI=1S/C24H30N4O3S2/c1-17(2)15-28-19(4)18(3)25-24(28)32-16-23(29)26-20-10-9-13-22(14-20)33(30,31)27(5)21-11-7-6-8-12-21/h6-14,17H,15-16H2,1-5H3,(H,26,29). The molecule has 0 radical (unpaired) electrons. The highest BCUT2D eigenvalue weighted by Gasteiger charge is 2.22. The second-order valence-corrected chi connectivity index (χ2v) is 11.2. The van der Waals surface area contributed by atoms with E-state index in [1.54, 1.807) is 36.4 Å².